The fourth-order valence-electron chi connectivity index (χ4n) is 0.289. The summed E-state index contributed by atoms with van der Waals surface area (Å²) in [5.74, 6) is 0. The molecule has 0 fully saturated rings. The Labute approximate surface area is 49.7 Å². The molecule has 0 bridgehead atoms. The Hall–Kier alpha value is -0.970. The van der Waals surface area contributed by atoms with E-state index in [0.29, 0.717) is 11.4 Å². The molecule has 1 amide bonds. The van der Waals surface area contributed by atoms with Crippen LogP contribution in [-0.4, -0.2) is 16.0 Å². The lowest BCUT2D eigenvalue weighted by Gasteiger charge is -1.81. The molecule has 1 rings (SSSR count). The maximum Gasteiger partial charge on any atom is 0.212 e. The van der Waals surface area contributed by atoms with E-state index in [1.165, 1.54) is 6.20 Å². The van der Waals surface area contributed by atoms with E-state index in [9.17, 15) is 4.79 Å². The average molecular weight is 129 g/mol. The van der Waals surface area contributed by atoms with Gasteiger partial charge in [0.15, 0.2) is 0 Å². The first kappa shape index (κ1) is 5.17. The van der Waals surface area contributed by atoms with Crippen molar-refractivity contribution in [2.75, 3.05) is 5.32 Å². The molecule has 4 nitrogen and oxygen atoms in total. The quantitative estimate of drug-likeness (QED) is 0.576. The summed E-state index contributed by atoms with van der Waals surface area (Å²) in [6, 6.07) is 0. The summed E-state index contributed by atoms with van der Waals surface area (Å²) >= 11 is 1.14. The molecule has 0 unspecified atom stereocenters. The van der Waals surface area contributed by atoms with Crippen LogP contribution in [0.15, 0.2) is 6.20 Å². The van der Waals surface area contributed by atoms with Crippen molar-refractivity contribution in [2.24, 2.45) is 0 Å². The molecule has 0 aromatic carbocycles. The number of rotatable bonds is 2. The van der Waals surface area contributed by atoms with Crippen molar-refractivity contribution in [3.05, 3.63) is 6.20 Å². The van der Waals surface area contributed by atoms with Crippen LogP contribution in [-0.2, 0) is 4.79 Å². The molecule has 0 aliphatic heterocycles. The number of carbonyl (C=O) groups is 1. The molecule has 1 aromatic heterocycles. The Morgan fingerprint density at radius 1 is 1.88 bits per heavy atom. The molecule has 0 atom stereocenters. The van der Waals surface area contributed by atoms with E-state index in [-0.39, 0.29) is 0 Å². The second-order valence-corrected chi connectivity index (χ2v) is 1.83. The lowest BCUT2D eigenvalue weighted by atomic mass is 10.8. The maximum atomic E-state index is 9.71. The molecule has 0 spiro atoms. The van der Waals surface area contributed by atoms with Crippen molar-refractivity contribution in [3.63, 3.8) is 0 Å². The zero-order valence-electron chi connectivity index (χ0n) is 3.87. The number of hydrogen-bond acceptors (Lipinski definition) is 4. The monoisotopic (exact) mass is 129 g/mol. The normalized spacial score (nSPS) is 8.50. The summed E-state index contributed by atoms with van der Waals surface area (Å²) in [6.45, 7) is 0. The summed E-state index contributed by atoms with van der Waals surface area (Å²) in [6.07, 6.45) is 2.08. The Kier molecular flexibility index (Phi) is 1.53. The van der Waals surface area contributed by atoms with Crippen LogP contribution in [0.1, 0.15) is 0 Å². The van der Waals surface area contributed by atoms with E-state index in [1.807, 2.05) is 0 Å². The third-order valence-electron chi connectivity index (χ3n) is 0.562. The van der Waals surface area contributed by atoms with Crippen LogP contribution >= 0.6 is 11.5 Å². The van der Waals surface area contributed by atoms with Crippen LogP contribution in [0.3, 0.4) is 0 Å². The standard InChI is InChI=1S/C3H3N3OS/c7-2-4-3-1-5-6-8-3/h1-2H,(H,4,7). The Bertz CT molecular complexity index is 161. The molecule has 0 aliphatic rings. The second kappa shape index (κ2) is 2.37. The van der Waals surface area contributed by atoms with Crippen molar-refractivity contribution in [2.45, 2.75) is 0 Å². The highest BCUT2D eigenvalue weighted by atomic mass is 32.1. The molecule has 1 heterocycles. The zero-order chi connectivity index (χ0) is 5.82. The number of amides is 1. The first-order chi connectivity index (χ1) is 3.93. The third-order valence-corrected chi connectivity index (χ3v) is 1.16. The van der Waals surface area contributed by atoms with Gasteiger partial charge in [0.2, 0.25) is 6.41 Å². The lowest BCUT2D eigenvalue weighted by Crippen LogP contribution is -1.88. The van der Waals surface area contributed by atoms with Gasteiger partial charge in [0.25, 0.3) is 0 Å². The largest absolute Gasteiger partial charge is 0.318 e. The van der Waals surface area contributed by atoms with E-state index in [0.717, 1.165) is 11.5 Å². The van der Waals surface area contributed by atoms with Gasteiger partial charge < -0.3 is 5.32 Å². The number of nitrogens with zero attached hydrogens (tertiary/aromatic N) is 2. The van der Waals surface area contributed by atoms with Crippen molar-refractivity contribution >= 4 is 22.9 Å². The van der Waals surface area contributed by atoms with Crippen LogP contribution < -0.4 is 5.32 Å². The van der Waals surface area contributed by atoms with Crippen LogP contribution in [0, 0.1) is 0 Å². The maximum absolute atomic E-state index is 9.71. The molecular formula is C3H3N3OS. The highest BCUT2D eigenvalue weighted by molar-refractivity contribution is 7.10. The third kappa shape index (κ3) is 1.00. The minimum atomic E-state index is 0.592. The SMILES string of the molecule is O=CNc1cnns1. The van der Waals surface area contributed by atoms with Gasteiger partial charge in [-0.25, -0.2) is 0 Å². The summed E-state index contributed by atoms with van der Waals surface area (Å²) in [5, 5.41) is 6.56. The molecule has 0 saturated heterocycles. The Morgan fingerprint density at radius 3 is 3.25 bits per heavy atom. The summed E-state index contributed by atoms with van der Waals surface area (Å²) in [4.78, 5) is 9.71. The molecule has 0 radical (unpaired) electrons. The van der Waals surface area contributed by atoms with E-state index in [4.69, 9.17) is 0 Å². The molecule has 42 valence electrons. The number of anilines is 1. The highest BCUT2D eigenvalue weighted by Crippen LogP contribution is 2.06. The van der Waals surface area contributed by atoms with Gasteiger partial charge in [0.1, 0.15) is 5.00 Å². The summed E-state index contributed by atoms with van der Waals surface area (Å²) in [7, 11) is 0. The molecule has 1 aromatic rings. The van der Waals surface area contributed by atoms with E-state index in [1.54, 1.807) is 0 Å². The fraction of sp³-hybridized carbons (Fsp3) is 0. The van der Waals surface area contributed by atoms with Crippen LogP contribution in [0.5, 0.6) is 0 Å². The number of hydrogen-bond donors (Lipinski definition) is 1. The van der Waals surface area contributed by atoms with Gasteiger partial charge in [0.05, 0.1) is 6.20 Å². The minimum Gasteiger partial charge on any atom is -0.318 e. The molecule has 8 heavy (non-hydrogen) atoms. The highest BCUT2D eigenvalue weighted by Gasteiger charge is 1.87. The minimum absolute atomic E-state index is 0.592. The van der Waals surface area contributed by atoms with E-state index < -0.39 is 0 Å². The molecule has 0 saturated carbocycles. The first-order valence-corrected chi connectivity index (χ1v) is 2.68. The predicted molar refractivity (Wildman–Crippen MR) is 29.6 cm³/mol. The van der Waals surface area contributed by atoms with Gasteiger partial charge in [-0.05, 0) is 0 Å². The molecular weight excluding hydrogens is 126 g/mol. The predicted octanol–water partition coefficient (Wildman–Crippen LogP) is 0.106. The molecule has 5 heteroatoms. The zero-order valence-corrected chi connectivity index (χ0v) is 4.68. The van der Waals surface area contributed by atoms with Gasteiger partial charge >= 0.3 is 0 Å². The van der Waals surface area contributed by atoms with E-state index in [2.05, 4.69) is 14.9 Å². The van der Waals surface area contributed by atoms with Crippen molar-refractivity contribution in [1.29, 1.82) is 0 Å². The number of nitrogens with one attached hydrogen (secondary N) is 1. The average Bonchev–Trinajstić information content (AvgIpc) is 2.19. The topological polar surface area (TPSA) is 54.9 Å². The molecule has 1 N–H and O–H groups in total. The molecule has 0 aliphatic carbocycles. The van der Waals surface area contributed by atoms with Crippen molar-refractivity contribution in [1.82, 2.24) is 9.59 Å². The smallest absolute Gasteiger partial charge is 0.212 e. The van der Waals surface area contributed by atoms with Crippen LogP contribution in [0.2, 0.25) is 0 Å². The van der Waals surface area contributed by atoms with Gasteiger partial charge in [-0.15, -0.1) is 5.10 Å². The van der Waals surface area contributed by atoms with Gasteiger partial charge in [-0.3, -0.25) is 4.79 Å². The second-order valence-electron chi connectivity index (χ2n) is 1.04. The van der Waals surface area contributed by atoms with Crippen molar-refractivity contribution in [3.8, 4) is 0 Å². The van der Waals surface area contributed by atoms with Crippen molar-refractivity contribution < 1.29 is 4.79 Å². The Morgan fingerprint density at radius 2 is 2.75 bits per heavy atom. The first-order valence-electron chi connectivity index (χ1n) is 1.91. The number of aromatic nitrogens is 2. The summed E-state index contributed by atoms with van der Waals surface area (Å²) in [5.41, 5.74) is 0. The fourth-order valence-corrected chi connectivity index (χ4v) is 0.666. The van der Waals surface area contributed by atoms with Crippen LogP contribution in [0.25, 0.3) is 0 Å². The van der Waals surface area contributed by atoms with Gasteiger partial charge in [0, 0.05) is 11.5 Å². The Balaban J connectivity index is 2.62. The van der Waals surface area contributed by atoms with Gasteiger partial charge in [-0.1, -0.05) is 4.49 Å². The van der Waals surface area contributed by atoms with E-state index >= 15 is 0 Å². The summed E-state index contributed by atoms with van der Waals surface area (Å²) < 4.78 is 3.51. The van der Waals surface area contributed by atoms with Gasteiger partial charge in [-0.2, -0.15) is 0 Å². The van der Waals surface area contributed by atoms with Crippen LogP contribution in [0.4, 0.5) is 5.00 Å². The lowest BCUT2D eigenvalue weighted by molar-refractivity contribution is -0.105. The number of carbonyl (C=O) groups excluding carboxylic acids is 1.